The Morgan fingerprint density at radius 2 is 1.92 bits per heavy atom. The molecule has 0 radical (unpaired) electrons. The zero-order chi connectivity index (χ0) is 9.40. The standard InChI is InChI=1S/C11H25N/c1-4-6-7-10(3)8-11(5-2)9-12/h10-11H,4-9,12H2,1-3H3/t10-,11?/m1/s1. The Labute approximate surface area is 77.7 Å². The molecule has 0 aromatic carbocycles. The van der Waals surface area contributed by atoms with E-state index in [-0.39, 0.29) is 0 Å². The van der Waals surface area contributed by atoms with Gasteiger partial charge in [0.2, 0.25) is 0 Å². The van der Waals surface area contributed by atoms with Crippen LogP contribution in [-0.4, -0.2) is 6.54 Å². The highest BCUT2D eigenvalue weighted by atomic mass is 14.5. The molecule has 2 atom stereocenters. The Morgan fingerprint density at radius 3 is 2.33 bits per heavy atom. The summed E-state index contributed by atoms with van der Waals surface area (Å²) in [5, 5.41) is 0. The van der Waals surface area contributed by atoms with Gasteiger partial charge in [-0.3, -0.25) is 0 Å². The molecule has 0 aliphatic rings. The molecule has 1 heteroatoms. The first-order valence-electron chi connectivity index (χ1n) is 5.44. The van der Waals surface area contributed by atoms with Crippen LogP contribution >= 0.6 is 0 Å². The molecular weight excluding hydrogens is 146 g/mol. The zero-order valence-corrected chi connectivity index (χ0v) is 8.97. The van der Waals surface area contributed by atoms with Crippen molar-refractivity contribution in [3.63, 3.8) is 0 Å². The van der Waals surface area contributed by atoms with Crippen LogP contribution in [0, 0.1) is 11.8 Å². The van der Waals surface area contributed by atoms with Crippen molar-refractivity contribution in [2.24, 2.45) is 17.6 Å². The predicted octanol–water partition coefficient (Wildman–Crippen LogP) is 3.19. The summed E-state index contributed by atoms with van der Waals surface area (Å²) in [5.74, 6) is 1.63. The molecular formula is C11H25N. The van der Waals surface area contributed by atoms with E-state index >= 15 is 0 Å². The maximum absolute atomic E-state index is 5.66. The number of nitrogens with two attached hydrogens (primary N) is 1. The Morgan fingerprint density at radius 1 is 1.25 bits per heavy atom. The number of hydrogen-bond donors (Lipinski definition) is 1. The van der Waals surface area contributed by atoms with Crippen LogP contribution in [0.25, 0.3) is 0 Å². The molecule has 0 fully saturated rings. The van der Waals surface area contributed by atoms with Crippen molar-refractivity contribution in [1.82, 2.24) is 0 Å². The van der Waals surface area contributed by atoms with Crippen molar-refractivity contribution in [2.75, 3.05) is 6.54 Å². The van der Waals surface area contributed by atoms with Crippen LogP contribution in [0.2, 0.25) is 0 Å². The highest BCUT2D eigenvalue weighted by Crippen LogP contribution is 2.19. The van der Waals surface area contributed by atoms with E-state index in [1.807, 2.05) is 0 Å². The highest BCUT2D eigenvalue weighted by molar-refractivity contribution is 4.62. The number of unbranched alkanes of at least 4 members (excludes halogenated alkanes) is 1. The third kappa shape index (κ3) is 5.59. The molecule has 0 saturated carbocycles. The van der Waals surface area contributed by atoms with Crippen molar-refractivity contribution in [1.29, 1.82) is 0 Å². The van der Waals surface area contributed by atoms with Gasteiger partial charge in [-0.1, -0.05) is 46.5 Å². The number of hydrogen-bond acceptors (Lipinski definition) is 1. The topological polar surface area (TPSA) is 26.0 Å². The largest absolute Gasteiger partial charge is 0.330 e. The van der Waals surface area contributed by atoms with Gasteiger partial charge >= 0.3 is 0 Å². The van der Waals surface area contributed by atoms with Gasteiger partial charge in [-0.25, -0.2) is 0 Å². The van der Waals surface area contributed by atoms with Crippen molar-refractivity contribution in [3.05, 3.63) is 0 Å². The second-order valence-corrected chi connectivity index (χ2v) is 3.99. The van der Waals surface area contributed by atoms with Crippen LogP contribution in [0.15, 0.2) is 0 Å². The third-order valence-corrected chi connectivity index (χ3v) is 2.70. The van der Waals surface area contributed by atoms with E-state index in [1.54, 1.807) is 0 Å². The molecule has 0 spiro atoms. The fourth-order valence-corrected chi connectivity index (χ4v) is 1.67. The zero-order valence-electron chi connectivity index (χ0n) is 8.97. The van der Waals surface area contributed by atoms with Crippen molar-refractivity contribution >= 4 is 0 Å². The van der Waals surface area contributed by atoms with Crippen molar-refractivity contribution in [3.8, 4) is 0 Å². The minimum absolute atomic E-state index is 0.761. The normalized spacial score (nSPS) is 16.0. The molecule has 0 aliphatic carbocycles. The molecule has 0 bridgehead atoms. The van der Waals surface area contributed by atoms with Crippen LogP contribution in [0.4, 0.5) is 0 Å². The first-order chi connectivity index (χ1) is 5.74. The lowest BCUT2D eigenvalue weighted by Gasteiger charge is -2.17. The van der Waals surface area contributed by atoms with Crippen LogP contribution in [0.1, 0.15) is 52.9 Å². The molecule has 0 aromatic heterocycles. The summed E-state index contributed by atoms with van der Waals surface area (Å²) in [6.45, 7) is 7.72. The van der Waals surface area contributed by atoms with Gasteiger partial charge in [0.15, 0.2) is 0 Å². The quantitative estimate of drug-likeness (QED) is 0.625. The lowest BCUT2D eigenvalue weighted by molar-refractivity contribution is 0.364. The van der Waals surface area contributed by atoms with Gasteiger partial charge < -0.3 is 5.73 Å². The van der Waals surface area contributed by atoms with Crippen molar-refractivity contribution < 1.29 is 0 Å². The van der Waals surface area contributed by atoms with E-state index in [0.29, 0.717) is 0 Å². The predicted molar refractivity (Wildman–Crippen MR) is 56.1 cm³/mol. The van der Waals surface area contributed by atoms with Gasteiger partial charge in [0.1, 0.15) is 0 Å². The molecule has 0 aliphatic heterocycles. The maximum atomic E-state index is 5.66. The van der Waals surface area contributed by atoms with Crippen LogP contribution in [0.5, 0.6) is 0 Å². The van der Waals surface area contributed by atoms with Crippen LogP contribution < -0.4 is 5.73 Å². The summed E-state index contributed by atoms with van der Waals surface area (Å²) >= 11 is 0. The second-order valence-electron chi connectivity index (χ2n) is 3.99. The van der Waals surface area contributed by atoms with E-state index in [4.69, 9.17) is 5.73 Å². The molecule has 2 N–H and O–H groups in total. The smallest absolute Gasteiger partial charge is 0.00489 e. The molecule has 0 saturated heterocycles. The molecule has 1 nitrogen and oxygen atoms in total. The Hall–Kier alpha value is -0.0400. The Balaban J connectivity index is 3.44. The first-order valence-corrected chi connectivity index (χ1v) is 5.44. The van der Waals surface area contributed by atoms with E-state index in [0.717, 1.165) is 18.4 Å². The summed E-state index contributed by atoms with van der Waals surface area (Å²) in [4.78, 5) is 0. The van der Waals surface area contributed by atoms with Gasteiger partial charge in [-0.05, 0) is 24.8 Å². The SMILES string of the molecule is CCCC[C@@H](C)CC(CC)CN. The maximum Gasteiger partial charge on any atom is -0.00489 e. The molecule has 0 rings (SSSR count). The average molecular weight is 171 g/mol. The third-order valence-electron chi connectivity index (χ3n) is 2.70. The summed E-state index contributed by atoms with van der Waals surface area (Å²) < 4.78 is 0. The second kappa shape index (κ2) is 7.60. The molecule has 74 valence electrons. The lowest BCUT2D eigenvalue weighted by Crippen LogP contribution is -2.16. The molecule has 0 amide bonds. The minimum atomic E-state index is 0.761. The van der Waals surface area contributed by atoms with Crippen LogP contribution in [0.3, 0.4) is 0 Å². The molecule has 0 aromatic rings. The van der Waals surface area contributed by atoms with Gasteiger partial charge in [0.25, 0.3) is 0 Å². The fourth-order valence-electron chi connectivity index (χ4n) is 1.67. The van der Waals surface area contributed by atoms with Gasteiger partial charge in [0.05, 0.1) is 0 Å². The number of rotatable bonds is 7. The summed E-state index contributed by atoms with van der Waals surface area (Å²) in [6, 6.07) is 0. The Kier molecular flexibility index (Phi) is 7.58. The summed E-state index contributed by atoms with van der Waals surface area (Å²) in [6.07, 6.45) is 6.65. The monoisotopic (exact) mass is 171 g/mol. The van der Waals surface area contributed by atoms with E-state index in [1.165, 1.54) is 32.1 Å². The Bertz CT molecular complexity index is 87.0. The molecule has 1 unspecified atom stereocenters. The summed E-state index contributed by atoms with van der Waals surface area (Å²) in [5.41, 5.74) is 5.66. The summed E-state index contributed by atoms with van der Waals surface area (Å²) in [7, 11) is 0. The van der Waals surface area contributed by atoms with E-state index in [9.17, 15) is 0 Å². The van der Waals surface area contributed by atoms with Crippen LogP contribution in [-0.2, 0) is 0 Å². The first kappa shape index (κ1) is 12.0. The fraction of sp³-hybridized carbons (Fsp3) is 1.00. The highest BCUT2D eigenvalue weighted by Gasteiger charge is 2.08. The van der Waals surface area contributed by atoms with Gasteiger partial charge in [-0.15, -0.1) is 0 Å². The van der Waals surface area contributed by atoms with E-state index in [2.05, 4.69) is 20.8 Å². The van der Waals surface area contributed by atoms with Gasteiger partial charge in [-0.2, -0.15) is 0 Å². The van der Waals surface area contributed by atoms with Gasteiger partial charge in [0, 0.05) is 0 Å². The molecule has 0 heterocycles. The lowest BCUT2D eigenvalue weighted by atomic mass is 9.90. The molecule has 12 heavy (non-hydrogen) atoms. The average Bonchev–Trinajstić information content (AvgIpc) is 2.10. The van der Waals surface area contributed by atoms with E-state index < -0.39 is 0 Å². The minimum Gasteiger partial charge on any atom is -0.330 e. The van der Waals surface area contributed by atoms with Crippen molar-refractivity contribution in [2.45, 2.75) is 52.9 Å².